The van der Waals surface area contributed by atoms with Crippen LogP contribution in [0.1, 0.15) is 11.1 Å². The maximum atomic E-state index is 12.1. The van der Waals surface area contributed by atoms with E-state index >= 15 is 0 Å². The summed E-state index contributed by atoms with van der Waals surface area (Å²) in [6.07, 6.45) is -0.0878. The zero-order valence-electron chi connectivity index (χ0n) is 10.5. The number of methoxy groups -OCH3 is 1. The minimum absolute atomic E-state index is 0.100. The summed E-state index contributed by atoms with van der Waals surface area (Å²) in [4.78, 5) is 25.0. The van der Waals surface area contributed by atoms with Crippen molar-refractivity contribution in [3.05, 3.63) is 35.4 Å². The predicted octanol–water partition coefficient (Wildman–Crippen LogP) is 0.926. The number of carbonyl (C=O) groups is 2. The van der Waals surface area contributed by atoms with Crippen LogP contribution in [0, 0.1) is 0 Å². The molecule has 0 saturated heterocycles. The smallest absolute Gasteiger partial charge is 0.407 e. The first-order valence-electron chi connectivity index (χ1n) is 5.78. The Labute approximate surface area is 106 Å². The molecular formula is C13H16N2O3. The van der Waals surface area contributed by atoms with Crippen LogP contribution in [-0.2, 0) is 22.5 Å². The average Bonchev–Trinajstić information content (AvgIpc) is 2.49. The van der Waals surface area contributed by atoms with Gasteiger partial charge in [0.25, 0.3) is 0 Å². The third-order valence-corrected chi connectivity index (χ3v) is 3.10. The van der Waals surface area contributed by atoms with E-state index in [-0.39, 0.29) is 5.91 Å². The zero-order chi connectivity index (χ0) is 13.1. The van der Waals surface area contributed by atoms with Gasteiger partial charge in [0.1, 0.15) is 6.04 Å². The van der Waals surface area contributed by atoms with Gasteiger partial charge in [0, 0.05) is 20.0 Å². The monoisotopic (exact) mass is 248 g/mol. The fraction of sp³-hybridized carbons (Fsp3) is 0.385. The molecule has 96 valence electrons. The van der Waals surface area contributed by atoms with Crippen molar-refractivity contribution in [2.45, 2.75) is 19.0 Å². The van der Waals surface area contributed by atoms with Crippen molar-refractivity contribution in [1.82, 2.24) is 10.2 Å². The lowest BCUT2D eigenvalue weighted by Gasteiger charge is -2.20. The van der Waals surface area contributed by atoms with Gasteiger partial charge in [-0.25, -0.2) is 4.79 Å². The second kappa shape index (κ2) is 5.08. The SMILES string of the molecule is COC(=O)NC1Cc2ccccc2CN(C)C1=O. The molecule has 5 nitrogen and oxygen atoms in total. The summed E-state index contributed by atoms with van der Waals surface area (Å²) in [5.74, 6) is -0.100. The van der Waals surface area contributed by atoms with Crippen LogP contribution < -0.4 is 5.32 Å². The number of fused-ring (bicyclic) bond motifs is 1. The predicted molar refractivity (Wildman–Crippen MR) is 65.9 cm³/mol. The molecule has 1 aliphatic heterocycles. The number of hydrogen-bond acceptors (Lipinski definition) is 3. The highest BCUT2D eigenvalue weighted by molar-refractivity contribution is 5.86. The van der Waals surface area contributed by atoms with Gasteiger partial charge in [0.05, 0.1) is 7.11 Å². The van der Waals surface area contributed by atoms with E-state index in [1.807, 2.05) is 24.3 Å². The van der Waals surface area contributed by atoms with E-state index in [9.17, 15) is 9.59 Å². The highest BCUT2D eigenvalue weighted by atomic mass is 16.5. The van der Waals surface area contributed by atoms with Gasteiger partial charge in [-0.1, -0.05) is 24.3 Å². The van der Waals surface area contributed by atoms with Crippen molar-refractivity contribution in [2.24, 2.45) is 0 Å². The molecular weight excluding hydrogens is 232 g/mol. The van der Waals surface area contributed by atoms with E-state index in [1.54, 1.807) is 11.9 Å². The first kappa shape index (κ1) is 12.4. The molecule has 0 saturated carbocycles. The van der Waals surface area contributed by atoms with Crippen molar-refractivity contribution >= 4 is 12.0 Å². The number of nitrogens with zero attached hydrogens (tertiary/aromatic N) is 1. The van der Waals surface area contributed by atoms with E-state index in [2.05, 4.69) is 10.1 Å². The molecule has 0 fully saturated rings. The average molecular weight is 248 g/mol. The van der Waals surface area contributed by atoms with Crippen molar-refractivity contribution in [3.8, 4) is 0 Å². The van der Waals surface area contributed by atoms with E-state index in [4.69, 9.17) is 0 Å². The molecule has 0 bridgehead atoms. The Kier molecular flexibility index (Phi) is 3.50. The van der Waals surface area contributed by atoms with Gasteiger partial charge in [0.2, 0.25) is 5.91 Å². The van der Waals surface area contributed by atoms with Gasteiger partial charge < -0.3 is 15.0 Å². The molecule has 1 heterocycles. The van der Waals surface area contributed by atoms with E-state index < -0.39 is 12.1 Å². The Morgan fingerprint density at radius 3 is 2.72 bits per heavy atom. The Bertz CT molecular complexity index is 473. The van der Waals surface area contributed by atoms with Crippen LogP contribution in [0.3, 0.4) is 0 Å². The molecule has 0 spiro atoms. The van der Waals surface area contributed by atoms with Crippen LogP contribution in [0.5, 0.6) is 0 Å². The van der Waals surface area contributed by atoms with Crippen molar-refractivity contribution < 1.29 is 14.3 Å². The molecule has 1 N–H and O–H groups in total. The molecule has 1 aromatic carbocycles. The summed E-state index contributed by atoms with van der Waals surface area (Å²) >= 11 is 0. The normalized spacial score (nSPS) is 18.9. The minimum Gasteiger partial charge on any atom is -0.453 e. The summed E-state index contributed by atoms with van der Waals surface area (Å²) in [6, 6.07) is 7.30. The summed E-state index contributed by atoms with van der Waals surface area (Å²) in [5, 5.41) is 2.58. The molecule has 2 amide bonds. The van der Waals surface area contributed by atoms with Crippen LogP contribution >= 0.6 is 0 Å². The van der Waals surface area contributed by atoms with Crippen LogP contribution in [0.4, 0.5) is 4.79 Å². The third kappa shape index (κ3) is 2.45. The maximum Gasteiger partial charge on any atom is 0.407 e. The molecule has 2 rings (SSSR count). The Hall–Kier alpha value is -2.04. The summed E-state index contributed by atoms with van der Waals surface area (Å²) in [6.45, 7) is 0.564. The molecule has 5 heteroatoms. The number of alkyl carbamates (subject to hydrolysis) is 1. The largest absolute Gasteiger partial charge is 0.453 e. The quantitative estimate of drug-likeness (QED) is 0.804. The maximum absolute atomic E-state index is 12.1. The van der Waals surface area contributed by atoms with Crippen LogP contribution in [-0.4, -0.2) is 37.1 Å². The molecule has 0 radical (unpaired) electrons. The second-order valence-corrected chi connectivity index (χ2v) is 4.36. The Balaban J connectivity index is 2.26. The van der Waals surface area contributed by atoms with Crippen LogP contribution in [0.25, 0.3) is 0 Å². The molecule has 1 atom stereocenters. The fourth-order valence-corrected chi connectivity index (χ4v) is 2.13. The van der Waals surface area contributed by atoms with E-state index in [0.717, 1.165) is 11.1 Å². The number of rotatable bonds is 1. The number of likely N-dealkylation sites (N-methyl/N-ethyl adjacent to an activating group) is 1. The Morgan fingerprint density at radius 2 is 2.06 bits per heavy atom. The lowest BCUT2D eigenvalue weighted by atomic mass is 10.0. The summed E-state index contributed by atoms with van der Waals surface area (Å²) in [5.41, 5.74) is 2.19. The molecule has 1 aliphatic rings. The topological polar surface area (TPSA) is 58.6 Å². The minimum atomic E-state index is -0.582. The fourth-order valence-electron chi connectivity index (χ4n) is 2.13. The first-order chi connectivity index (χ1) is 8.61. The van der Waals surface area contributed by atoms with Gasteiger partial charge in [-0.05, 0) is 11.1 Å². The molecule has 18 heavy (non-hydrogen) atoms. The molecule has 0 aromatic heterocycles. The summed E-state index contributed by atoms with van der Waals surface area (Å²) in [7, 11) is 3.02. The number of hydrogen-bond donors (Lipinski definition) is 1. The van der Waals surface area contributed by atoms with Crippen LogP contribution in [0.15, 0.2) is 24.3 Å². The van der Waals surface area contributed by atoms with Crippen molar-refractivity contribution in [1.29, 1.82) is 0 Å². The number of amides is 2. The highest BCUT2D eigenvalue weighted by Crippen LogP contribution is 2.18. The van der Waals surface area contributed by atoms with Crippen LogP contribution in [0.2, 0.25) is 0 Å². The van der Waals surface area contributed by atoms with Crippen molar-refractivity contribution in [2.75, 3.05) is 14.2 Å². The summed E-state index contributed by atoms with van der Waals surface area (Å²) < 4.78 is 4.54. The number of benzene rings is 1. The highest BCUT2D eigenvalue weighted by Gasteiger charge is 2.28. The van der Waals surface area contributed by atoms with Gasteiger partial charge >= 0.3 is 6.09 Å². The van der Waals surface area contributed by atoms with Gasteiger partial charge in [-0.2, -0.15) is 0 Å². The molecule has 0 aliphatic carbocycles. The van der Waals surface area contributed by atoms with Gasteiger partial charge in [0.15, 0.2) is 0 Å². The first-order valence-corrected chi connectivity index (χ1v) is 5.78. The standard InChI is InChI=1S/C13H16N2O3/c1-15-8-10-6-4-3-5-9(10)7-11(12(15)16)14-13(17)18-2/h3-6,11H,7-8H2,1-2H3,(H,14,17). The molecule has 1 unspecified atom stereocenters. The van der Waals surface area contributed by atoms with Gasteiger partial charge in [-0.3, -0.25) is 4.79 Å². The van der Waals surface area contributed by atoms with Crippen molar-refractivity contribution in [3.63, 3.8) is 0 Å². The number of ether oxygens (including phenoxy) is 1. The zero-order valence-corrected chi connectivity index (χ0v) is 10.5. The second-order valence-electron chi connectivity index (χ2n) is 4.36. The number of carbonyl (C=O) groups excluding carboxylic acids is 2. The lowest BCUT2D eigenvalue weighted by Crippen LogP contribution is -2.46. The molecule has 1 aromatic rings. The Morgan fingerprint density at radius 1 is 1.39 bits per heavy atom. The van der Waals surface area contributed by atoms with Gasteiger partial charge in [-0.15, -0.1) is 0 Å². The third-order valence-electron chi connectivity index (χ3n) is 3.10. The lowest BCUT2D eigenvalue weighted by molar-refractivity contribution is -0.132. The van der Waals surface area contributed by atoms with E-state index in [0.29, 0.717) is 13.0 Å². The van der Waals surface area contributed by atoms with E-state index in [1.165, 1.54) is 7.11 Å². The number of nitrogens with one attached hydrogen (secondary N) is 1.